The molecule has 6 heteroatoms. The number of carbonyl (C=O) groups excluding carboxylic acids is 1. The first kappa shape index (κ1) is 16.4. The summed E-state index contributed by atoms with van der Waals surface area (Å²) in [6, 6.07) is -0.00325. The van der Waals surface area contributed by atoms with Gasteiger partial charge in [-0.25, -0.2) is 4.79 Å². The molecule has 2 rings (SSSR count). The van der Waals surface area contributed by atoms with Crippen LogP contribution >= 0.6 is 0 Å². The Morgan fingerprint density at radius 2 is 2.19 bits per heavy atom. The van der Waals surface area contributed by atoms with Crippen LogP contribution in [-0.2, 0) is 9.53 Å². The highest BCUT2D eigenvalue weighted by Gasteiger charge is 2.47. The predicted octanol–water partition coefficient (Wildman–Crippen LogP) is -1.74. The zero-order valence-corrected chi connectivity index (χ0v) is 12.9. The minimum Gasteiger partial charge on any atom is -0.459 e. The van der Waals surface area contributed by atoms with E-state index < -0.39 is 29.7 Å². The van der Waals surface area contributed by atoms with Crippen molar-refractivity contribution in [2.75, 3.05) is 19.7 Å². The summed E-state index contributed by atoms with van der Waals surface area (Å²) < 4.78 is 5.23. The van der Waals surface area contributed by atoms with Crippen LogP contribution in [0.1, 0.15) is 27.2 Å². The first-order chi connectivity index (χ1) is 9.78. The topological polar surface area (TPSA) is 91.4 Å². The van der Waals surface area contributed by atoms with Gasteiger partial charge in [-0.3, -0.25) is 0 Å². The Morgan fingerprint density at radius 3 is 2.76 bits per heavy atom. The Hall–Kier alpha value is -0.950. The van der Waals surface area contributed by atoms with E-state index in [9.17, 15) is 20.1 Å². The Bertz CT molecular complexity index is 424. The van der Waals surface area contributed by atoms with E-state index in [0.717, 1.165) is 25.1 Å². The maximum atomic E-state index is 12.1. The number of aliphatic hydroxyl groups is 3. The van der Waals surface area contributed by atoms with E-state index in [1.54, 1.807) is 13.8 Å². The summed E-state index contributed by atoms with van der Waals surface area (Å²) in [5, 5.41) is 30.0. The van der Waals surface area contributed by atoms with Crippen molar-refractivity contribution in [2.45, 2.75) is 51.0 Å². The Balaban J connectivity index is 1.98. The van der Waals surface area contributed by atoms with Crippen LogP contribution in [-0.4, -0.2) is 64.8 Å². The normalized spacial score (nSPS) is 32.5. The van der Waals surface area contributed by atoms with Gasteiger partial charge in [-0.2, -0.15) is 0 Å². The lowest BCUT2D eigenvalue weighted by Gasteiger charge is -2.32. The second-order valence-corrected chi connectivity index (χ2v) is 6.46. The molecule has 2 heterocycles. The number of aliphatic hydroxyl groups excluding tert-OH is 2. The van der Waals surface area contributed by atoms with Crippen molar-refractivity contribution in [1.82, 2.24) is 0 Å². The number of hydrogen-bond acceptors (Lipinski definition) is 5. The number of nitrogens with one attached hydrogen (secondary N) is 1. The lowest BCUT2D eigenvalue weighted by Crippen LogP contribution is -3.12. The molecule has 0 radical (unpaired) electrons. The molecule has 0 amide bonds. The number of ether oxygens (including phenoxy) is 1. The fourth-order valence-electron chi connectivity index (χ4n) is 3.36. The quantitative estimate of drug-likeness (QED) is 0.357. The van der Waals surface area contributed by atoms with Gasteiger partial charge < -0.3 is 25.0 Å². The molecule has 1 saturated heterocycles. The molecule has 0 aromatic carbocycles. The second kappa shape index (κ2) is 6.04. The fraction of sp³-hybridized carbons (Fsp3) is 0.800. The SMILES string of the molecule is CC(C)[C@@](O)(C(=O)OCC1=CC[NH+]2CC[C@H](O)[C@@H]12)[C@H](C)O. The zero-order chi connectivity index (χ0) is 15.8. The van der Waals surface area contributed by atoms with E-state index in [-0.39, 0.29) is 12.6 Å². The van der Waals surface area contributed by atoms with Crippen LogP contribution in [0.3, 0.4) is 0 Å². The van der Waals surface area contributed by atoms with Crippen molar-refractivity contribution in [2.24, 2.45) is 5.92 Å². The van der Waals surface area contributed by atoms with E-state index in [1.165, 1.54) is 11.8 Å². The van der Waals surface area contributed by atoms with Gasteiger partial charge in [0.2, 0.25) is 0 Å². The number of fused-ring (bicyclic) bond motifs is 1. The molecule has 2 aliphatic rings. The molecule has 1 unspecified atom stereocenters. The summed E-state index contributed by atoms with van der Waals surface area (Å²) >= 11 is 0. The first-order valence-electron chi connectivity index (χ1n) is 7.57. The van der Waals surface area contributed by atoms with Crippen LogP contribution < -0.4 is 4.90 Å². The van der Waals surface area contributed by atoms with Gasteiger partial charge in [-0.15, -0.1) is 0 Å². The number of carbonyl (C=O) groups is 1. The lowest BCUT2D eigenvalue weighted by atomic mass is 9.85. The standard InChI is InChI=1S/C15H25NO5/c1-9(2)15(20,10(3)17)14(19)21-8-11-4-6-16-7-5-12(18)13(11)16/h4,9-10,12-13,17-18,20H,5-8H2,1-3H3/p+1/t10-,12-,13+,15-/m0/s1. The minimum absolute atomic E-state index is 0.00325. The lowest BCUT2D eigenvalue weighted by molar-refractivity contribution is -0.897. The zero-order valence-electron chi connectivity index (χ0n) is 12.9. The molecule has 0 spiro atoms. The Morgan fingerprint density at radius 1 is 1.52 bits per heavy atom. The van der Waals surface area contributed by atoms with Crippen LogP contribution in [0.25, 0.3) is 0 Å². The van der Waals surface area contributed by atoms with Gasteiger partial charge in [-0.1, -0.05) is 13.8 Å². The van der Waals surface area contributed by atoms with Gasteiger partial charge >= 0.3 is 5.97 Å². The highest BCUT2D eigenvalue weighted by molar-refractivity contribution is 5.80. The highest BCUT2D eigenvalue weighted by Crippen LogP contribution is 2.24. The van der Waals surface area contributed by atoms with Crippen LogP contribution in [0.2, 0.25) is 0 Å². The van der Waals surface area contributed by atoms with Gasteiger partial charge in [0.05, 0.1) is 19.2 Å². The summed E-state index contributed by atoms with van der Waals surface area (Å²) in [5.74, 6) is -1.27. The van der Waals surface area contributed by atoms with Crippen LogP contribution in [0.5, 0.6) is 0 Å². The average Bonchev–Trinajstić information content (AvgIpc) is 2.98. The molecule has 0 aromatic rings. The third kappa shape index (κ3) is 2.85. The van der Waals surface area contributed by atoms with Crippen molar-refractivity contribution >= 4 is 5.97 Å². The summed E-state index contributed by atoms with van der Waals surface area (Å²) in [7, 11) is 0. The van der Waals surface area contributed by atoms with Gasteiger partial charge in [0.1, 0.15) is 18.8 Å². The highest BCUT2D eigenvalue weighted by atomic mass is 16.6. The molecule has 6 nitrogen and oxygen atoms in total. The molecule has 0 saturated carbocycles. The maximum absolute atomic E-state index is 12.1. The monoisotopic (exact) mass is 300 g/mol. The number of esters is 1. The van der Waals surface area contributed by atoms with Crippen LogP contribution in [0.4, 0.5) is 0 Å². The fourth-order valence-corrected chi connectivity index (χ4v) is 3.36. The molecule has 1 fully saturated rings. The molecule has 120 valence electrons. The minimum atomic E-state index is -1.90. The first-order valence-corrected chi connectivity index (χ1v) is 7.57. The van der Waals surface area contributed by atoms with Gasteiger partial charge in [-0.05, 0) is 18.9 Å². The predicted molar refractivity (Wildman–Crippen MR) is 75.6 cm³/mol. The number of hydrogen-bond donors (Lipinski definition) is 4. The molecule has 2 aliphatic heterocycles. The van der Waals surface area contributed by atoms with E-state index in [4.69, 9.17) is 4.74 Å². The molecular formula is C15H26NO5+. The molecule has 0 bridgehead atoms. The van der Waals surface area contributed by atoms with E-state index >= 15 is 0 Å². The average molecular weight is 300 g/mol. The smallest absolute Gasteiger partial charge is 0.341 e. The van der Waals surface area contributed by atoms with Crippen molar-refractivity contribution in [1.29, 1.82) is 0 Å². The third-order valence-corrected chi connectivity index (χ3v) is 4.83. The van der Waals surface area contributed by atoms with E-state index in [1.807, 2.05) is 6.08 Å². The number of rotatable bonds is 5. The maximum Gasteiger partial charge on any atom is 0.341 e. The van der Waals surface area contributed by atoms with E-state index in [2.05, 4.69) is 0 Å². The van der Waals surface area contributed by atoms with Crippen molar-refractivity contribution in [3.8, 4) is 0 Å². The van der Waals surface area contributed by atoms with Gasteiger partial charge in [0.25, 0.3) is 0 Å². The Kier molecular flexibility index (Phi) is 4.72. The summed E-state index contributed by atoms with van der Waals surface area (Å²) in [6.07, 6.45) is 1.15. The molecular weight excluding hydrogens is 274 g/mol. The van der Waals surface area contributed by atoms with Crippen LogP contribution in [0, 0.1) is 5.92 Å². The number of quaternary nitrogens is 1. The van der Waals surface area contributed by atoms with Crippen LogP contribution in [0.15, 0.2) is 11.6 Å². The van der Waals surface area contributed by atoms with Crippen molar-refractivity contribution in [3.63, 3.8) is 0 Å². The molecule has 0 aromatic heterocycles. The van der Waals surface area contributed by atoms with E-state index in [0.29, 0.717) is 0 Å². The van der Waals surface area contributed by atoms with Gasteiger partial charge in [0, 0.05) is 12.0 Å². The summed E-state index contributed by atoms with van der Waals surface area (Å²) in [5.41, 5.74) is -1.000. The summed E-state index contributed by atoms with van der Waals surface area (Å²) in [4.78, 5) is 13.4. The summed E-state index contributed by atoms with van der Waals surface area (Å²) in [6.45, 7) is 6.52. The van der Waals surface area contributed by atoms with Crippen molar-refractivity contribution in [3.05, 3.63) is 11.6 Å². The third-order valence-electron chi connectivity index (χ3n) is 4.83. The Labute approximate surface area is 125 Å². The molecule has 4 N–H and O–H groups in total. The van der Waals surface area contributed by atoms with Gasteiger partial charge in [0.15, 0.2) is 5.60 Å². The van der Waals surface area contributed by atoms with Crippen molar-refractivity contribution < 1.29 is 29.8 Å². The largest absolute Gasteiger partial charge is 0.459 e. The molecule has 0 aliphatic carbocycles. The molecule has 5 atom stereocenters. The second-order valence-electron chi connectivity index (χ2n) is 6.46. The molecule has 21 heavy (non-hydrogen) atoms.